The van der Waals surface area contributed by atoms with Crippen molar-refractivity contribution >= 4 is 17.7 Å². The summed E-state index contributed by atoms with van der Waals surface area (Å²) < 4.78 is 0. The van der Waals surface area contributed by atoms with Crippen LogP contribution in [-0.4, -0.2) is 46.1 Å². The Morgan fingerprint density at radius 1 is 1.65 bits per heavy atom. The van der Waals surface area contributed by atoms with Gasteiger partial charge in [0.25, 0.3) is 0 Å². The predicted molar refractivity (Wildman–Crippen MR) is 58.4 cm³/mol. The SMILES string of the molecule is O=C(O)CC1C(=O)NCCN1c1ccncn1. The number of aromatic nitrogens is 2. The Bertz CT molecular complexity index is 423. The third-order valence-corrected chi connectivity index (χ3v) is 2.56. The summed E-state index contributed by atoms with van der Waals surface area (Å²) in [5, 5.41) is 11.5. The van der Waals surface area contributed by atoms with Crippen molar-refractivity contribution in [2.75, 3.05) is 18.0 Å². The fraction of sp³-hybridized carbons (Fsp3) is 0.400. The fourth-order valence-electron chi connectivity index (χ4n) is 1.81. The summed E-state index contributed by atoms with van der Waals surface area (Å²) in [6, 6.07) is 0.948. The minimum atomic E-state index is -1.01. The van der Waals surface area contributed by atoms with E-state index in [1.807, 2.05) is 0 Å². The quantitative estimate of drug-likeness (QED) is 0.717. The lowest BCUT2D eigenvalue weighted by Crippen LogP contribution is -2.56. The van der Waals surface area contributed by atoms with Gasteiger partial charge in [-0.25, -0.2) is 9.97 Å². The number of carbonyl (C=O) groups is 2. The molecule has 0 aliphatic carbocycles. The zero-order valence-corrected chi connectivity index (χ0v) is 9.04. The summed E-state index contributed by atoms with van der Waals surface area (Å²) in [5.41, 5.74) is 0. The van der Waals surface area contributed by atoms with Crippen LogP contribution in [0, 0.1) is 0 Å². The molecule has 2 N–H and O–H groups in total. The van der Waals surface area contributed by atoms with Crippen LogP contribution >= 0.6 is 0 Å². The van der Waals surface area contributed by atoms with Gasteiger partial charge in [0.15, 0.2) is 0 Å². The van der Waals surface area contributed by atoms with Crippen LogP contribution in [0.4, 0.5) is 5.82 Å². The van der Waals surface area contributed by atoms with E-state index in [-0.39, 0.29) is 12.3 Å². The van der Waals surface area contributed by atoms with Crippen LogP contribution in [0.25, 0.3) is 0 Å². The summed E-state index contributed by atoms with van der Waals surface area (Å²) in [6.45, 7) is 1.03. The lowest BCUT2D eigenvalue weighted by atomic mass is 10.1. The Hall–Kier alpha value is -2.18. The number of hydrogen-bond donors (Lipinski definition) is 2. The number of anilines is 1. The third kappa shape index (κ3) is 2.49. The first kappa shape index (κ1) is 11.3. The molecule has 1 aromatic heterocycles. The maximum Gasteiger partial charge on any atom is 0.305 e. The number of amides is 1. The van der Waals surface area contributed by atoms with Gasteiger partial charge in [0, 0.05) is 19.3 Å². The number of piperazine rings is 1. The summed E-state index contributed by atoms with van der Waals surface area (Å²) >= 11 is 0. The van der Waals surface area contributed by atoms with Crippen LogP contribution in [-0.2, 0) is 9.59 Å². The van der Waals surface area contributed by atoms with E-state index < -0.39 is 12.0 Å². The van der Waals surface area contributed by atoms with Gasteiger partial charge in [-0.2, -0.15) is 0 Å². The second-order valence-corrected chi connectivity index (χ2v) is 3.67. The molecule has 0 saturated carbocycles. The molecule has 7 nitrogen and oxygen atoms in total. The molecule has 2 heterocycles. The first-order chi connectivity index (χ1) is 8.18. The van der Waals surface area contributed by atoms with Gasteiger partial charge in [0.2, 0.25) is 5.91 Å². The van der Waals surface area contributed by atoms with Gasteiger partial charge in [-0.05, 0) is 6.07 Å². The molecule has 1 fully saturated rings. The molecule has 0 spiro atoms. The first-order valence-electron chi connectivity index (χ1n) is 5.20. The van der Waals surface area contributed by atoms with E-state index in [0.29, 0.717) is 18.9 Å². The van der Waals surface area contributed by atoms with Crippen molar-refractivity contribution in [1.82, 2.24) is 15.3 Å². The molecule has 1 aliphatic rings. The van der Waals surface area contributed by atoms with Crippen LogP contribution in [0.1, 0.15) is 6.42 Å². The highest BCUT2D eigenvalue weighted by molar-refractivity contribution is 5.90. The molecule has 1 aromatic rings. The minimum absolute atomic E-state index is 0.240. The molecule has 90 valence electrons. The maximum absolute atomic E-state index is 11.7. The molecule has 1 atom stereocenters. The van der Waals surface area contributed by atoms with E-state index in [1.54, 1.807) is 17.2 Å². The number of carbonyl (C=O) groups excluding carboxylic acids is 1. The highest BCUT2D eigenvalue weighted by atomic mass is 16.4. The van der Waals surface area contributed by atoms with Gasteiger partial charge < -0.3 is 15.3 Å². The smallest absolute Gasteiger partial charge is 0.305 e. The van der Waals surface area contributed by atoms with Crippen LogP contribution in [0.15, 0.2) is 18.6 Å². The molecule has 1 amide bonds. The number of carboxylic acid groups (broad SMARTS) is 1. The second-order valence-electron chi connectivity index (χ2n) is 3.67. The van der Waals surface area contributed by atoms with E-state index in [1.165, 1.54) is 6.33 Å². The molecule has 1 aliphatic heterocycles. The van der Waals surface area contributed by atoms with Gasteiger partial charge in [0.05, 0.1) is 6.42 Å². The average molecular weight is 236 g/mol. The normalized spacial score (nSPS) is 19.9. The van der Waals surface area contributed by atoms with E-state index >= 15 is 0 Å². The van der Waals surface area contributed by atoms with Crippen molar-refractivity contribution in [3.63, 3.8) is 0 Å². The number of nitrogens with zero attached hydrogens (tertiary/aromatic N) is 3. The first-order valence-corrected chi connectivity index (χ1v) is 5.20. The van der Waals surface area contributed by atoms with Gasteiger partial charge in [-0.15, -0.1) is 0 Å². The van der Waals surface area contributed by atoms with Crippen LogP contribution < -0.4 is 10.2 Å². The minimum Gasteiger partial charge on any atom is -0.481 e. The molecule has 0 bridgehead atoms. The highest BCUT2D eigenvalue weighted by Crippen LogP contribution is 2.17. The van der Waals surface area contributed by atoms with Crippen molar-refractivity contribution in [2.45, 2.75) is 12.5 Å². The maximum atomic E-state index is 11.7. The monoisotopic (exact) mass is 236 g/mol. The Kier molecular flexibility index (Phi) is 3.17. The number of nitrogens with one attached hydrogen (secondary N) is 1. The summed E-state index contributed by atoms with van der Waals surface area (Å²) in [5.74, 6) is -0.718. The highest BCUT2D eigenvalue weighted by Gasteiger charge is 2.32. The zero-order chi connectivity index (χ0) is 12.3. The summed E-state index contributed by atoms with van der Waals surface area (Å²) in [6.07, 6.45) is 2.70. The molecule has 1 saturated heterocycles. The lowest BCUT2D eigenvalue weighted by Gasteiger charge is -2.34. The lowest BCUT2D eigenvalue weighted by molar-refractivity contribution is -0.139. The van der Waals surface area contributed by atoms with Gasteiger partial charge in [0.1, 0.15) is 18.2 Å². The Morgan fingerprint density at radius 3 is 3.12 bits per heavy atom. The van der Waals surface area contributed by atoms with Crippen molar-refractivity contribution in [3.05, 3.63) is 18.6 Å². The molecule has 0 radical (unpaired) electrons. The molecule has 2 rings (SSSR count). The molecule has 1 unspecified atom stereocenters. The number of rotatable bonds is 3. The largest absolute Gasteiger partial charge is 0.481 e. The molecule has 17 heavy (non-hydrogen) atoms. The second kappa shape index (κ2) is 4.77. The molecule has 7 heteroatoms. The van der Waals surface area contributed by atoms with Crippen LogP contribution in [0.3, 0.4) is 0 Å². The Morgan fingerprint density at radius 2 is 2.47 bits per heavy atom. The predicted octanol–water partition coefficient (Wildman–Crippen LogP) is -0.744. The Balaban J connectivity index is 2.23. The molecular formula is C10H12N4O3. The van der Waals surface area contributed by atoms with Crippen molar-refractivity contribution in [1.29, 1.82) is 0 Å². The van der Waals surface area contributed by atoms with E-state index in [9.17, 15) is 9.59 Å². The van der Waals surface area contributed by atoms with Gasteiger partial charge in [-0.3, -0.25) is 9.59 Å². The van der Waals surface area contributed by atoms with Crippen molar-refractivity contribution in [2.24, 2.45) is 0 Å². The average Bonchev–Trinajstić information content (AvgIpc) is 2.32. The van der Waals surface area contributed by atoms with E-state index in [0.717, 1.165) is 0 Å². The van der Waals surface area contributed by atoms with Crippen molar-refractivity contribution in [3.8, 4) is 0 Å². The van der Waals surface area contributed by atoms with Crippen molar-refractivity contribution < 1.29 is 14.7 Å². The standard InChI is InChI=1S/C10H12N4O3/c15-9(16)5-7-10(17)12-3-4-14(7)8-1-2-11-6-13-8/h1-2,6-7H,3-5H2,(H,12,17)(H,15,16). The van der Waals surface area contributed by atoms with E-state index in [4.69, 9.17) is 5.11 Å². The summed E-state index contributed by atoms with van der Waals surface area (Å²) in [4.78, 5) is 31.9. The number of aliphatic carboxylic acids is 1. The van der Waals surface area contributed by atoms with E-state index in [2.05, 4.69) is 15.3 Å². The number of carboxylic acids is 1. The summed E-state index contributed by atoms with van der Waals surface area (Å²) in [7, 11) is 0. The molecular weight excluding hydrogens is 224 g/mol. The molecule has 0 aromatic carbocycles. The fourth-order valence-corrected chi connectivity index (χ4v) is 1.81. The van der Waals surface area contributed by atoms with Gasteiger partial charge in [-0.1, -0.05) is 0 Å². The topological polar surface area (TPSA) is 95.4 Å². The van der Waals surface area contributed by atoms with Gasteiger partial charge >= 0.3 is 5.97 Å². The number of hydrogen-bond acceptors (Lipinski definition) is 5. The van der Waals surface area contributed by atoms with Crippen LogP contribution in [0.2, 0.25) is 0 Å². The Labute approximate surface area is 97.5 Å². The zero-order valence-electron chi connectivity index (χ0n) is 9.04. The van der Waals surface area contributed by atoms with Crippen LogP contribution in [0.5, 0.6) is 0 Å². The third-order valence-electron chi connectivity index (χ3n) is 2.56.